The first-order valence-corrected chi connectivity index (χ1v) is 14.9. The van der Waals surface area contributed by atoms with Gasteiger partial charge in [0, 0.05) is 43.3 Å². The molecule has 3 unspecified atom stereocenters. The number of carbonyl (C=O) groups excluding carboxylic acids is 1. The summed E-state index contributed by atoms with van der Waals surface area (Å²) in [5.41, 5.74) is 2.96. The van der Waals surface area contributed by atoms with Gasteiger partial charge in [0.1, 0.15) is 6.04 Å². The van der Waals surface area contributed by atoms with Crippen molar-refractivity contribution >= 4 is 38.9 Å². The normalized spacial score (nSPS) is 15.4. The molecular formula is C26H35Cl2F3N2O4S. The van der Waals surface area contributed by atoms with E-state index in [0.717, 1.165) is 18.6 Å². The summed E-state index contributed by atoms with van der Waals surface area (Å²) >= 11 is 12.0. The number of hydrogen-bond acceptors (Lipinski definition) is 6. The van der Waals surface area contributed by atoms with E-state index in [4.69, 9.17) is 38.5 Å². The van der Waals surface area contributed by atoms with Crippen LogP contribution in [0, 0.1) is 4.78 Å². The highest BCUT2D eigenvalue weighted by Crippen LogP contribution is 2.43. The minimum Gasteiger partial charge on any atom is -0.465 e. The van der Waals surface area contributed by atoms with Crippen LogP contribution in [-0.2, 0) is 24.9 Å². The third-order valence-corrected chi connectivity index (χ3v) is 7.98. The number of carbonyl (C=O) groups is 1. The summed E-state index contributed by atoms with van der Waals surface area (Å²) in [5, 5.41) is 11.4. The van der Waals surface area contributed by atoms with Gasteiger partial charge in [0.25, 0.3) is 0 Å². The Morgan fingerprint density at radius 3 is 2.26 bits per heavy atom. The first kappa shape index (κ1) is 34.2. The summed E-state index contributed by atoms with van der Waals surface area (Å²) in [6.07, 6.45) is -4.83. The fourth-order valence-electron chi connectivity index (χ4n) is 3.37. The lowest BCUT2D eigenvalue weighted by Gasteiger charge is -2.31. The molecule has 0 saturated carbocycles. The molecule has 0 bridgehead atoms. The summed E-state index contributed by atoms with van der Waals surface area (Å²) in [6, 6.07) is 8.55. The third kappa shape index (κ3) is 9.72. The quantitative estimate of drug-likeness (QED) is 0.181. The minimum absolute atomic E-state index is 0.181. The molecule has 0 aliphatic carbocycles. The molecule has 6 nitrogen and oxygen atoms in total. The van der Waals surface area contributed by atoms with Crippen LogP contribution in [0.5, 0.6) is 0 Å². The summed E-state index contributed by atoms with van der Waals surface area (Å²) in [5.74, 6) is -1.86. The standard InChI is InChI=1S/C24H29Cl2F3N2O4S.C2H6/c1-2-3-12-35-22(32)21(30)10-13-36(31,34)14-11-23(33,24(27,28)29)17-6-4-16(5-7-17)19-9-8-18(25)15-20(19)26;1-2/h4-9,15,21,31,33H,2-3,10-14,30H2,1H3;1-2H3. The number of benzene rings is 2. The summed E-state index contributed by atoms with van der Waals surface area (Å²) in [6.45, 7) is 6.09. The van der Waals surface area contributed by atoms with Gasteiger partial charge in [0.2, 0.25) is 0 Å². The molecule has 0 amide bonds. The maximum Gasteiger partial charge on any atom is 0.421 e. The summed E-state index contributed by atoms with van der Waals surface area (Å²) in [7, 11) is -3.58. The fourth-order valence-corrected chi connectivity index (χ4v) is 5.35. The van der Waals surface area contributed by atoms with Crippen LogP contribution in [-0.4, -0.2) is 45.6 Å². The van der Waals surface area contributed by atoms with Gasteiger partial charge in [-0.25, -0.2) is 4.21 Å². The summed E-state index contributed by atoms with van der Waals surface area (Å²) in [4.78, 5) is 11.8. The zero-order chi connectivity index (χ0) is 29.1. The predicted octanol–water partition coefficient (Wildman–Crippen LogP) is 6.93. The molecule has 214 valence electrons. The predicted molar refractivity (Wildman–Crippen MR) is 147 cm³/mol. The highest BCUT2D eigenvalue weighted by atomic mass is 35.5. The second-order valence-corrected chi connectivity index (χ2v) is 11.7. The van der Waals surface area contributed by atoms with Crippen molar-refractivity contribution in [3.05, 3.63) is 58.1 Å². The third-order valence-electron chi connectivity index (χ3n) is 5.67. The van der Waals surface area contributed by atoms with Crippen LogP contribution >= 0.6 is 23.2 Å². The maximum absolute atomic E-state index is 13.9. The molecule has 0 saturated heterocycles. The largest absolute Gasteiger partial charge is 0.465 e. The Bertz CT molecular complexity index is 1150. The van der Waals surface area contributed by atoms with Gasteiger partial charge in [0.15, 0.2) is 5.60 Å². The molecule has 0 fully saturated rings. The number of rotatable bonds is 12. The number of nitrogens with two attached hydrogens (primary N) is 1. The van der Waals surface area contributed by atoms with Crippen molar-refractivity contribution in [2.75, 3.05) is 18.1 Å². The van der Waals surface area contributed by atoms with Gasteiger partial charge in [-0.15, -0.1) is 0 Å². The number of unbranched alkanes of at least 4 members (excludes halogenated alkanes) is 1. The van der Waals surface area contributed by atoms with E-state index in [-0.39, 0.29) is 13.0 Å². The number of aliphatic hydroxyl groups is 1. The number of halogens is 5. The molecule has 0 aliphatic rings. The Balaban J connectivity index is 0.00000352. The molecule has 4 N–H and O–H groups in total. The van der Waals surface area contributed by atoms with Gasteiger partial charge >= 0.3 is 12.1 Å². The number of ether oxygens (including phenoxy) is 1. The van der Waals surface area contributed by atoms with E-state index in [9.17, 15) is 27.3 Å². The molecule has 0 radical (unpaired) electrons. The lowest BCUT2D eigenvalue weighted by atomic mass is 9.89. The van der Waals surface area contributed by atoms with Crippen molar-refractivity contribution < 1.29 is 32.0 Å². The first-order chi connectivity index (χ1) is 17.7. The Labute approximate surface area is 232 Å². The van der Waals surface area contributed by atoms with Crippen LogP contribution < -0.4 is 5.73 Å². The molecule has 0 spiro atoms. The lowest BCUT2D eigenvalue weighted by Crippen LogP contribution is -2.44. The lowest BCUT2D eigenvalue weighted by molar-refractivity contribution is -0.267. The number of alkyl halides is 3. The second-order valence-electron chi connectivity index (χ2n) is 8.45. The van der Waals surface area contributed by atoms with Gasteiger partial charge in [-0.05, 0) is 36.1 Å². The van der Waals surface area contributed by atoms with E-state index in [1.165, 1.54) is 18.2 Å². The van der Waals surface area contributed by atoms with Crippen molar-refractivity contribution in [3.63, 3.8) is 0 Å². The molecule has 0 aromatic heterocycles. The van der Waals surface area contributed by atoms with Crippen molar-refractivity contribution in [2.45, 2.75) is 64.3 Å². The molecule has 0 aliphatic heterocycles. The average Bonchev–Trinajstić information content (AvgIpc) is 2.86. The zero-order valence-electron chi connectivity index (χ0n) is 21.6. The van der Waals surface area contributed by atoms with E-state index in [1.807, 2.05) is 20.8 Å². The van der Waals surface area contributed by atoms with Crippen LogP contribution in [0.25, 0.3) is 11.1 Å². The first-order valence-electron chi connectivity index (χ1n) is 12.2. The Morgan fingerprint density at radius 1 is 1.13 bits per heavy atom. The molecule has 12 heteroatoms. The van der Waals surface area contributed by atoms with Gasteiger partial charge in [-0.2, -0.15) is 13.2 Å². The Morgan fingerprint density at radius 2 is 1.74 bits per heavy atom. The molecule has 38 heavy (non-hydrogen) atoms. The van der Waals surface area contributed by atoms with Gasteiger partial charge in [-0.3, -0.25) is 9.57 Å². The minimum atomic E-state index is -5.10. The zero-order valence-corrected chi connectivity index (χ0v) is 23.9. The Hall–Kier alpha value is -1.85. The van der Waals surface area contributed by atoms with Crippen LogP contribution in [0.1, 0.15) is 52.0 Å². The SMILES string of the molecule is CC.CCCCOC(=O)C(N)CCS(=N)(=O)CCC(O)(c1ccc(-c2ccc(Cl)cc2Cl)cc1)C(F)(F)F. The molecule has 0 heterocycles. The van der Waals surface area contributed by atoms with E-state index in [1.54, 1.807) is 12.1 Å². The molecule has 3 atom stereocenters. The average molecular weight is 600 g/mol. The van der Waals surface area contributed by atoms with Crippen molar-refractivity contribution in [2.24, 2.45) is 5.73 Å². The van der Waals surface area contributed by atoms with Crippen molar-refractivity contribution in [3.8, 4) is 11.1 Å². The fraction of sp³-hybridized carbons (Fsp3) is 0.500. The summed E-state index contributed by atoms with van der Waals surface area (Å²) < 4.78 is 67.4. The van der Waals surface area contributed by atoms with Crippen LogP contribution in [0.3, 0.4) is 0 Å². The highest BCUT2D eigenvalue weighted by Gasteiger charge is 2.54. The molecule has 2 aromatic rings. The van der Waals surface area contributed by atoms with E-state index in [0.29, 0.717) is 27.6 Å². The maximum atomic E-state index is 13.9. The monoisotopic (exact) mass is 598 g/mol. The second kappa shape index (κ2) is 15.1. The van der Waals surface area contributed by atoms with Crippen molar-refractivity contribution in [1.82, 2.24) is 0 Å². The topological polar surface area (TPSA) is 113 Å². The highest BCUT2D eigenvalue weighted by molar-refractivity contribution is 7.92. The van der Waals surface area contributed by atoms with Crippen LogP contribution in [0.4, 0.5) is 13.2 Å². The van der Waals surface area contributed by atoms with Crippen LogP contribution in [0.2, 0.25) is 10.0 Å². The van der Waals surface area contributed by atoms with Crippen LogP contribution in [0.15, 0.2) is 42.5 Å². The van der Waals surface area contributed by atoms with Crippen molar-refractivity contribution in [1.29, 1.82) is 4.78 Å². The number of esters is 1. The van der Waals surface area contributed by atoms with E-state index in [2.05, 4.69) is 0 Å². The van der Waals surface area contributed by atoms with Gasteiger partial charge in [-0.1, -0.05) is 80.7 Å². The molecule has 2 rings (SSSR count). The smallest absolute Gasteiger partial charge is 0.421 e. The van der Waals surface area contributed by atoms with E-state index < -0.39 is 57.0 Å². The Kier molecular flexibility index (Phi) is 13.6. The number of hydrogen-bond donors (Lipinski definition) is 3. The van der Waals surface area contributed by atoms with Gasteiger partial charge < -0.3 is 15.6 Å². The molecule has 2 aromatic carbocycles. The van der Waals surface area contributed by atoms with E-state index >= 15 is 0 Å². The number of nitrogens with one attached hydrogen (secondary N) is 1. The molecular weight excluding hydrogens is 564 g/mol. The van der Waals surface area contributed by atoms with Gasteiger partial charge in [0.05, 0.1) is 6.61 Å².